The molecule has 1 unspecified atom stereocenters. The molecule has 5 heteroatoms. The van der Waals surface area contributed by atoms with Gasteiger partial charge in [-0.1, -0.05) is 13.8 Å². The van der Waals surface area contributed by atoms with Gasteiger partial charge < -0.3 is 11.8 Å². The van der Waals surface area contributed by atoms with Crippen LogP contribution in [-0.4, -0.2) is 23.0 Å². The summed E-state index contributed by atoms with van der Waals surface area (Å²) >= 11 is 0. The minimum absolute atomic E-state index is 0. The molecule has 0 saturated carbocycles. The summed E-state index contributed by atoms with van der Waals surface area (Å²) in [5.41, 5.74) is 0. The molecule has 66 valence electrons. The fraction of sp³-hybridized carbons (Fsp3) is 0.714. The molecule has 0 aliphatic heterocycles. The van der Waals surface area contributed by atoms with Gasteiger partial charge in [0.05, 0.1) is 0 Å². The van der Waals surface area contributed by atoms with Gasteiger partial charge in [-0.25, -0.2) is 4.79 Å². The van der Waals surface area contributed by atoms with E-state index in [1.54, 1.807) is 13.8 Å². The summed E-state index contributed by atoms with van der Waals surface area (Å²) < 4.78 is 0. The van der Waals surface area contributed by atoms with E-state index in [-0.39, 0.29) is 42.8 Å². The summed E-state index contributed by atoms with van der Waals surface area (Å²) in [6.07, 6.45) is 0. The number of carboxylic acids is 1. The van der Waals surface area contributed by atoms with Crippen LogP contribution in [0.25, 0.3) is 0 Å². The fourth-order valence-electron chi connectivity index (χ4n) is 0.733. The first kappa shape index (κ1) is 14.5. The zero-order valence-corrected chi connectivity index (χ0v) is 9.92. The Kier molecular flexibility index (Phi) is 7.78. The first-order valence-electron chi connectivity index (χ1n) is 3.45. The van der Waals surface area contributed by atoms with Crippen molar-refractivity contribution >= 4 is 11.9 Å². The van der Waals surface area contributed by atoms with Gasteiger partial charge >= 0.3 is 35.5 Å². The van der Waals surface area contributed by atoms with Crippen LogP contribution in [0.5, 0.6) is 0 Å². The molecule has 0 saturated heterocycles. The van der Waals surface area contributed by atoms with Crippen LogP contribution in [0.15, 0.2) is 0 Å². The number of hydrogen-bond donors (Lipinski definition) is 2. The Bertz CT molecular complexity index is 175. The fourth-order valence-corrected chi connectivity index (χ4v) is 0.733. The van der Waals surface area contributed by atoms with Gasteiger partial charge in [-0.3, -0.25) is 4.79 Å². The SMILES string of the molecule is CC(=O)NC(C(=O)O)C(C)C.[H-].[Na+]. The molecule has 0 aromatic rings. The van der Waals surface area contributed by atoms with Gasteiger partial charge in [0.1, 0.15) is 6.04 Å². The molecule has 0 bridgehead atoms. The van der Waals surface area contributed by atoms with E-state index in [1.165, 1.54) is 6.92 Å². The van der Waals surface area contributed by atoms with Crippen LogP contribution in [0, 0.1) is 5.92 Å². The predicted octanol–water partition coefficient (Wildman–Crippen LogP) is -2.65. The quantitative estimate of drug-likeness (QED) is 0.470. The number of aliphatic carboxylic acids is 1. The Hall–Kier alpha value is -0.0600. The molecule has 0 spiro atoms. The monoisotopic (exact) mass is 183 g/mol. The van der Waals surface area contributed by atoms with Crippen LogP contribution < -0.4 is 34.9 Å². The second kappa shape index (κ2) is 6.46. The average Bonchev–Trinajstić information content (AvgIpc) is 1.81. The van der Waals surface area contributed by atoms with Crippen molar-refractivity contribution in [3.05, 3.63) is 0 Å². The molecule has 0 aromatic heterocycles. The molecule has 4 nitrogen and oxygen atoms in total. The molecule has 0 radical (unpaired) electrons. The van der Waals surface area contributed by atoms with E-state index in [4.69, 9.17) is 5.11 Å². The molecule has 0 aromatic carbocycles. The predicted molar refractivity (Wildman–Crippen MR) is 41.2 cm³/mol. The summed E-state index contributed by atoms with van der Waals surface area (Å²) in [4.78, 5) is 21.0. The molecule has 0 heterocycles. The molecule has 1 amide bonds. The standard InChI is InChI=1S/C7H13NO3.Na.H/c1-4(2)6(7(10)11)8-5(3)9;;/h4,6H,1-3H3,(H,8,9)(H,10,11);;/q;+1;-1. The van der Waals surface area contributed by atoms with Crippen molar-refractivity contribution in [3.63, 3.8) is 0 Å². The van der Waals surface area contributed by atoms with E-state index in [0.29, 0.717) is 0 Å². The van der Waals surface area contributed by atoms with E-state index in [9.17, 15) is 9.59 Å². The topological polar surface area (TPSA) is 66.4 Å². The number of nitrogens with one attached hydrogen (secondary N) is 1. The molecular formula is C7H14NNaO3. The van der Waals surface area contributed by atoms with Crippen LogP contribution in [0.3, 0.4) is 0 Å². The zero-order chi connectivity index (χ0) is 9.02. The smallest absolute Gasteiger partial charge is 1.00 e. The summed E-state index contributed by atoms with van der Waals surface area (Å²) in [5, 5.41) is 10.9. The van der Waals surface area contributed by atoms with Crippen LogP contribution in [-0.2, 0) is 9.59 Å². The van der Waals surface area contributed by atoms with Gasteiger partial charge in [-0.2, -0.15) is 0 Å². The van der Waals surface area contributed by atoms with Crippen LogP contribution in [0.4, 0.5) is 0 Å². The van der Waals surface area contributed by atoms with E-state index in [0.717, 1.165) is 0 Å². The second-order valence-corrected chi connectivity index (χ2v) is 2.76. The second-order valence-electron chi connectivity index (χ2n) is 2.76. The summed E-state index contributed by atoms with van der Waals surface area (Å²) in [6, 6.07) is -0.771. The molecule has 0 aliphatic rings. The normalized spacial score (nSPS) is 11.7. The minimum atomic E-state index is -0.991. The van der Waals surface area contributed by atoms with Crippen molar-refractivity contribution in [1.29, 1.82) is 0 Å². The number of carbonyl (C=O) groups excluding carboxylic acids is 1. The van der Waals surface area contributed by atoms with Gasteiger partial charge in [0.2, 0.25) is 5.91 Å². The maximum absolute atomic E-state index is 10.5. The summed E-state index contributed by atoms with van der Waals surface area (Å²) in [5.74, 6) is -1.39. The van der Waals surface area contributed by atoms with Crippen LogP contribution in [0.1, 0.15) is 22.2 Å². The van der Waals surface area contributed by atoms with Crippen molar-refractivity contribution in [1.82, 2.24) is 5.32 Å². The van der Waals surface area contributed by atoms with E-state index >= 15 is 0 Å². The maximum Gasteiger partial charge on any atom is 1.00 e. The number of rotatable bonds is 3. The van der Waals surface area contributed by atoms with Gasteiger partial charge in [-0.05, 0) is 5.92 Å². The Labute approximate surface area is 95.5 Å². The molecular weight excluding hydrogens is 169 g/mol. The maximum atomic E-state index is 10.5. The van der Waals surface area contributed by atoms with Gasteiger partial charge in [0, 0.05) is 6.92 Å². The number of carbonyl (C=O) groups is 2. The third-order valence-electron chi connectivity index (χ3n) is 1.29. The zero-order valence-electron chi connectivity index (χ0n) is 8.92. The van der Waals surface area contributed by atoms with Gasteiger partial charge in [0.25, 0.3) is 0 Å². The summed E-state index contributed by atoms with van der Waals surface area (Å²) in [6.45, 7) is 4.79. The third kappa shape index (κ3) is 5.57. The van der Waals surface area contributed by atoms with Crippen molar-refractivity contribution in [2.75, 3.05) is 0 Å². The van der Waals surface area contributed by atoms with Crippen molar-refractivity contribution in [2.24, 2.45) is 5.92 Å². The molecule has 12 heavy (non-hydrogen) atoms. The number of hydrogen-bond acceptors (Lipinski definition) is 2. The van der Waals surface area contributed by atoms with Crippen LogP contribution >= 0.6 is 0 Å². The van der Waals surface area contributed by atoms with Crippen molar-refractivity contribution in [2.45, 2.75) is 26.8 Å². The number of amides is 1. The Morgan fingerprint density at radius 2 is 1.83 bits per heavy atom. The van der Waals surface area contributed by atoms with Crippen molar-refractivity contribution in [3.8, 4) is 0 Å². The minimum Gasteiger partial charge on any atom is -1.00 e. The van der Waals surface area contributed by atoms with E-state index < -0.39 is 12.0 Å². The Morgan fingerprint density at radius 1 is 1.42 bits per heavy atom. The van der Waals surface area contributed by atoms with Crippen molar-refractivity contribution < 1.29 is 45.7 Å². The number of carboxylic acid groups (broad SMARTS) is 1. The third-order valence-corrected chi connectivity index (χ3v) is 1.29. The largest absolute Gasteiger partial charge is 1.00 e. The molecule has 0 rings (SSSR count). The van der Waals surface area contributed by atoms with E-state index in [1.807, 2.05) is 0 Å². The summed E-state index contributed by atoms with van der Waals surface area (Å²) in [7, 11) is 0. The molecule has 2 N–H and O–H groups in total. The van der Waals surface area contributed by atoms with Gasteiger partial charge in [-0.15, -0.1) is 0 Å². The Morgan fingerprint density at radius 3 is 1.92 bits per heavy atom. The van der Waals surface area contributed by atoms with Gasteiger partial charge in [0.15, 0.2) is 0 Å². The molecule has 1 atom stereocenters. The first-order valence-corrected chi connectivity index (χ1v) is 3.45. The average molecular weight is 183 g/mol. The Balaban J connectivity index is -0.000000500. The van der Waals surface area contributed by atoms with Crippen LogP contribution in [0.2, 0.25) is 0 Å². The van der Waals surface area contributed by atoms with E-state index in [2.05, 4.69) is 5.32 Å². The molecule has 0 aliphatic carbocycles. The molecule has 0 fully saturated rings. The first-order chi connectivity index (χ1) is 4.95.